The fraction of sp³-hybridized carbons (Fsp3) is 0.353. The molecule has 2 aliphatic heterocycles. The van der Waals surface area contributed by atoms with E-state index in [0.29, 0.717) is 17.9 Å². The minimum absolute atomic E-state index is 0.104. The van der Waals surface area contributed by atoms with Gasteiger partial charge in [0.15, 0.2) is 0 Å². The van der Waals surface area contributed by atoms with Gasteiger partial charge in [0.25, 0.3) is 0 Å². The minimum atomic E-state index is -0.496. The predicted octanol–water partition coefficient (Wildman–Crippen LogP) is 1.82. The summed E-state index contributed by atoms with van der Waals surface area (Å²) >= 11 is 0. The van der Waals surface area contributed by atoms with Gasteiger partial charge in [0.1, 0.15) is 5.75 Å². The molecule has 0 saturated heterocycles. The first-order valence-corrected chi connectivity index (χ1v) is 7.99. The van der Waals surface area contributed by atoms with E-state index in [2.05, 4.69) is 10.7 Å². The summed E-state index contributed by atoms with van der Waals surface area (Å²) in [4.78, 5) is 36.3. The summed E-state index contributed by atoms with van der Waals surface area (Å²) in [5.74, 6) is -0.629. The standard InChI is InChI=1S/C17H19N3O4/c1-2-3-8-18-17(23)19-20-10-13-12(9-15(20)21)11-6-4-5-7-14(11)24-16(13)22/h4-7,10,12H,2-3,8-9H2,1H3,(H2,18,19,23). The molecule has 1 atom stereocenters. The molecule has 7 heteroatoms. The minimum Gasteiger partial charge on any atom is -0.423 e. The summed E-state index contributed by atoms with van der Waals surface area (Å²) in [6.45, 7) is 2.55. The van der Waals surface area contributed by atoms with E-state index in [-0.39, 0.29) is 18.2 Å². The molecule has 2 N–H and O–H groups in total. The lowest BCUT2D eigenvalue weighted by Gasteiger charge is -2.33. The van der Waals surface area contributed by atoms with Crippen molar-refractivity contribution in [3.63, 3.8) is 0 Å². The van der Waals surface area contributed by atoms with Crippen molar-refractivity contribution in [1.82, 2.24) is 15.8 Å². The molecule has 1 unspecified atom stereocenters. The molecule has 0 aromatic heterocycles. The Kier molecular flexibility index (Phi) is 4.50. The first-order valence-electron chi connectivity index (χ1n) is 7.99. The number of hydrazine groups is 1. The molecular weight excluding hydrogens is 310 g/mol. The van der Waals surface area contributed by atoms with Gasteiger partial charge in [-0.3, -0.25) is 4.79 Å². The molecule has 0 saturated carbocycles. The maximum absolute atomic E-state index is 12.3. The second-order valence-corrected chi connectivity index (χ2v) is 5.75. The number of benzene rings is 1. The van der Waals surface area contributed by atoms with Crippen LogP contribution in [0.1, 0.15) is 37.7 Å². The molecule has 0 bridgehead atoms. The van der Waals surface area contributed by atoms with E-state index in [0.717, 1.165) is 23.4 Å². The van der Waals surface area contributed by atoms with Crippen LogP contribution in [0.25, 0.3) is 0 Å². The first-order chi connectivity index (χ1) is 11.6. The number of hydrogen-bond acceptors (Lipinski definition) is 4. The lowest BCUT2D eigenvalue weighted by Crippen LogP contribution is -2.50. The SMILES string of the molecule is CCCCNC(=O)NN1C=C2C(=O)Oc3ccccc3C2CC1=O. The van der Waals surface area contributed by atoms with E-state index in [9.17, 15) is 14.4 Å². The van der Waals surface area contributed by atoms with Crippen LogP contribution in [-0.2, 0) is 9.59 Å². The predicted molar refractivity (Wildman–Crippen MR) is 85.8 cm³/mol. The Bertz CT molecular complexity index is 714. The molecule has 0 fully saturated rings. The number of rotatable bonds is 4. The Hall–Kier alpha value is -2.83. The van der Waals surface area contributed by atoms with E-state index in [1.165, 1.54) is 6.20 Å². The molecule has 2 aliphatic rings. The molecule has 1 aromatic rings. The van der Waals surface area contributed by atoms with E-state index >= 15 is 0 Å². The van der Waals surface area contributed by atoms with Crippen LogP contribution in [0.3, 0.4) is 0 Å². The molecule has 7 nitrogen and oxygen atoms in total. The average Bonchev–Trinajstić information content (AvgIpc) is 2.56. The number of urea groups is 1. The number of ether oxygens (including phenoxy) is 1. The van der Waals surface area contributed by atoms with E-state index in [4.69, 9.17) is 4.74 Å². The first kappa shape index (κ1) is 16.0. The van der Waals surface area contributed by atoms with Gasteiger partial charge in [-0.05, 0) is 12.5 Å². The number of carbonyl (C=O) groups excluding carboxylic acids is 3. The normalized spacial score (nSPS) is 19.0. The van der Waals surface area contributed by atoms with E-state index < -0.39 is 12.0 Å². The van der Waals surface area contributed by atoms with E-state index in [1.807, 2.05) is 19.1 Å². The number of hydrogen-bond donors (Lipinski definition) is 2. The molecule has 0 radical (unpaired) electrons. The summed E-state index contributed by atoms with van der Waals surface area (Å²) in [5.41, 5.74) is 3.63. The maximum Gasteiger partial charge on any atom is 0.341 e. The zero-order valence-electron chi connectivity index (χ0n) is 13.4. The number of nitrogens with zero attached hydrogens (tertiary/aromatic N) is 1. The number of para-hydroxylation sites is 1. The molecule has 0 spiro atoms. The van der Waals surface area contributed by atoms with Gasteiger partial charge in [-0.2, -0.15) is 0 Å². The topological polar surface area (TPSA) is 87.7 Å². The Labute approximate surface area is 139 Å². The fourth-order valence-electron chi connectivity index (χ4n) is 2.80. The highest BCUT2D eigenvalue weighted by molar-refractivity contribution is 5.98. The number of fused-ring (bicyclic) bond motifs is 3. The largest absolute Gasteiger partial charge is 0.423 e. The van der Waals surface area contributed by atoms with Crippen LogP contribution in [-0.4, -0.2) is 29.5 Å². The van der Waals surface area contributed by atoms with Gasteiger partial charge in [-0.25, -0.2) is 20.0 Å². The van der Waals surface area contributed by atoms with Crippen LogP contribution in [0.2, 0.25) is 0 Å². The highest BCUT2D eigenvalue weighted by Crippen LogP contribution is 2.41. The van der Waals surface area contributed by atoms with Crippen LogP contribution in [0, 0.1) is 0 Å². The zero-order valence-corrected chi connectivity index (χ0v) is 13.4. The smallest absolute Gasteiger partial charge is 0.341 e. The quantitative estimate of drug-likeness (QED) is 0.501. The van der Waals surface area contributed by atoms with Crippen molar-refractivity contribution in [2.24, 2.45) is 0 Å². The molecule has 3 amide bonds. The van der Waals surface area contributed by atoms with Crippen molar-refractivity contribution in [2.45, 2.75) is 32.1 Å². The van der Waals surface area contributed by atoms with Crippen LogP contribution in [0.4, 0.5) is 4.79 Å². The molecule has 0 aliphatic carbocycles. The monoisotopic (exact) mass is 329 g/mol. The van der Waals surface area contributed by atoms with Crippen LogP contribution >= 0.6 is 0 Å². The van der Waals surface area contributed by atoms with Crippen molar-refractivity contribution in [1.29, 1.82) is 0 Å². The number of nitrogens with one attached hydrogen (secondary N) is 2. The summed E-state index contributed by atoms with van der Waals surface area (Å²) in [7, 11) is 0. The van der Waals surface area contributed by atoms with Crippen LogP contribution < -0.4 is 15.5 Å². The van der Waals surface area contributed by atoms with Gasteiger partial charge in [0, 0.05) is 30.6 Å². The van der Waals surface area contributed by atoms with Crippen molar-refractivity contribution < 1.29 is 19.1 Å². The molecule has 3 rings (SSSR count). The average molecular weight is 329 g/mol. The van der Waals surface area contributed by atoms with Crippen molar-refractivity contribution in [3.8, 4) is 5.75 Å². The highest BCUT2D eigenvalue weighted by Gasteiger charge is 2.38. The van der Waals surface area contributed by atoms with Crippen molar-refractivity contribution in [3.05, 3.63) is 41.6 Å². The lowest BCUT2D eigenvalue weighted by atomic mass is 9.84. The zero-order chi connectivity index (χ0) is 17.1. The highest BCUT2D eigenvalue weighted by atomic mass is 16.5. The number of carbonyl (C=O) groups is 3. The van der Waals surface area contributed by atoms with Gasteiger partial charge in [-0.1, -0.05) is 31.5 Å². The third-order valence-corrected chi connectivity index (χ3v) is 4.06. The van der Waals surface area contributed by atoms with Crippen LogP contribution in [0.15, 0.2) is 36.0 Å². The molecule has 24 heavy (non-hydrogen) atoms. The molecule has 1 aromatic carbocycles. The van der Waals surface area contributed by atoms with Crippen LogP contribution in [0.5, 0.6) is 5.75 Å². The van der Waals surface area contributed by atoms with Gasteiger partial charge in [-0.15, -0.1) is 0 Å². The van der Waals surface area contributed by atoms with Crippen molar-refractivity contribution in [2.75, 3.05) is 6.54 Å². The molecule has 2 heterocycles. The molecular formula is C17H19N3O4. The van der Waals surface area contributed by atoms with E-state index in [1.54, 1.807) is 12.1 Å². The second-order valence-electron chi connectivity index (χ2n) is 5.75. The van der Waals surface area contributed by atoms with Crippen molar-refractivity contribution >= 4 is 17.9 Å². The number of esters is 1. The summed E-state index contributed by atoms with van der Waals surface area (Å²) < 4.78 is 5.30. The second kappa shape index (κ2) is 6.74. The molecule has 126 valence electrons. The Balaban J connectivity index is 1.77. The van der Waals surface area contributed by atoms with Gasteiger partial charge in [0.05, 0.1) is 5.57 Å². The lowest BCUT2D eigenvalue weighted by molar-refractivity contribution is -0.134. The summed E-state index contributed by atoms with van der Waals surface area (Å²) in [6.07, 6.45) is 3.27. The van der Waals surface area contributed by atoms with Gasteiger partial charge in [0.2, 0.25) is 5.91 Å². The Morgan fingerprint density at radius 2 is 2.12 bits per heavy atom. The number of amides is 3. The summed E-state index contributed by atoms with van der Waals surface area (Å²) in [5, 5.41) is 3.72. The maximum atomic E-state index is 12.3. The Morgan fingerprint density at radius 3 is 2.92 bits per heavy atom. The van der Waals surface area contributed by atoms with Gasteiger partial charge < -0.3 is 10.1 Å². The van der Waals surface area contributed by atoms with Gasteiger partial charge >= 0.3 is 12.0 Å². The summed E-state index contributed by atoms with van der Waals surface area (Å²) in [6, 6.07) is 6.69. The number of unbranched alkanes of at least 4 members (excludes halogenated alkanes) is 1. The third kappa shape index (κ3) is 3.10. The Morgan fingerprint density at radius 1 is 1.33 bits per heavy atom. The third-order valence-electron chi connectivity index (χ3n) is 4.06. The fourth-order valence-corrected chi connectivity index (χ4v) is 2.80.